The number of hydrogen-bond donors (Lipinski definition) is 0. The molecule has 6 nitrogen and oxygen atoms in total. The van der Waals surface area contributed by atoms with Gasteiger partial charge in [0.2, 0.25) is 0 Å². The molecule has 2 aromatic rings. The van der Waals surface area contributed by atoms with Crippen molar-refractivity contribution < 1.29 is 27.2 Å². The summed E-state index contributed by atoms with van der Waals surface area (Å²) in [5.74, 6) is 0. The molecule has 0 unspecified atom stereocenters. The smallest absolute Gasteiger partial charge is 0.264 e. The van der Waals surface area contributed by atoms with E-state index >= 15 is 0 Å². The van der Waals surface area contributed by atoms with Crippen LogP contribution in [-0.4, -0.2) is 34.6 Å². The lowest BCUT2D eigenvalue weighted by molar-refractivity contribution is 0.0316. The molecule has 0 bridgehead atoms. The largest absolute Gasteiger partial charge is 0.395 e. The van der Waals surface area contributed by atoms with Gasteiger partial charge in [0, 0.05) is 27.9 Å². The van der Waals surface area contributed by atoms with Crippen molar-refractivity contribution in [2.45, 2.75) is 78.1 Å². The molecule has 0 aliphatic heterocycles. The highest BCUT2D eigenvalue weighted by Crippen LogP contribution is 2.46. The predicted octanol–water partition coefficient (Wildman–Crippen LogP) is 6.56. The summed E-state index contributed by atoms with van der Waals surface area (Å²) >= 11 is 0. The first kappa shape index (κ1) is 25.6. The van der Waals surface area contributed by atoms with E-state index in [4.69, 9.17) is 9.68 Å². The number of fused-ring (bicyclic) bond motifs is 2. The summed E-state index contributed by atoms with van der Waals surface area (Å²) in [7, 11) is 0. The summed E-state index contributed by atoms with van der Waals surface area (Å²) in [4.78, 5) is 20.3. The molecule has 2 heterocycles. The van der Waals surface area contributed by atoms with E-state index in [1.54, 1.807) is 13.8 Å². The fourth-order valence-electron chi connectivity index (χ4n) is 5.12. The molecule has 2 aromatic heterocycles. The van der Waals surface area contributed by atoms with Crippen molar-refractivity contribution in [1.82, 2.24) is 9.97 Å². The van der Waals surface area contributed by atoms with E-state index in [1.165, 1.54) is 12.1 Å². The van der Waals surface area contributed by atoms with Gasteiger partial charge in [-0.3, -0.25) is 9.97 Å². The van der Waals surface area contributed by atoms with E-state index in [2.05, 4.69) is 20.3 Å². The number of oxime groups is 2. The zero-order valence-electron chi connectivity index (χ0n) is 21.0. The van der Waals surface area contributed by atoms with E-state index in [0.29, 0.717) is 97.1 Å². The molecule has 3 aliphatic carbocycles. The fraction of sp³-hybridized carbons (Fsp3) is 0.556. The van der Waals surface area contributed by atoms with Gasteiger partial charge >= 0.3 is 0 Å². The van der Waals surface area contributed by atoms with Crippen molar-refractivity contribution in [2.75, 3.05) is 13.2 Å². The summed E-state index contributed by atoms with van der Waals surface area (Å²) in [6.07, 6.45) is 0.437. The Balaban J connectivity index is 1.24. The molecule has 37 heavy (non-hydrogen) atoms. The third kappa shape index (κ3) is 5.48. The second-order valence-corrected chi connectivity index (χ2v) is 10.3. The lowest BCUT2D eigenvalue weighted by Gasteiger charge is -2.21. The van der Waals surface area contributed by atoms with Gasteiger partial charge in [-0.05, 0) is 88.5 Å². The second kappa shape index (κ2) is 10.4. The van der Waals surface area contributed by atoms with Crippen LogP contribution in [0.25, 0.3) is 0 Å². The van der Waals surface area contributed by atoms with Gasteiger partial charge in [-0.1, -0.05) is 10.3 Å². The van der Waals surface area contributed by atoms with Crippen LogP contribution in [0.5, 0.6) is 0 Å². The fourth-order valence-corrected chi connectivity index (χ4v) is 5.12. The highest BCUT2D eigenvalue weighted by Gasteiger charge is 2.45. The van der Waals surface area contributed by atoms with Crippen LogP contribution in [0.4, 0.5) is 17.6 Å². The molecule has 5 rings (SSSR count). The number of nitrogens with zero attached hydrogens (tertiary/aromatic N) is 4. The summed E-state index contributed by atoms with van der Waals surface area (Å²) in [6, 6.07) is 2.89. The molecular formula is C27H30F4N4O2. The van der Waals surface area contributed by atoms with Crippen molar-refractivity contribution >= 4 is 11.4 Å². The lowest BCUT2D eigenvalue weighted by atomic mass is 9.90. The van der Waals surface area contributed by atoms with E-state index < -0.39 is 12.9 Å². The molecule has 0 aromatic carbocycles. The zero-order chi connectivity index (χ0) is 26.2. The minimum atomic E-state index is -2.55. The maximum Gasteiger partial charge on any atom is 0.264 e. The maximum atomic E-state index is 13.5. The maximum absolute atomic E-state index is 13.5. The van der Waals surface area contributed by atoms with Crippen LogP contribution >= 0.6 is 0 Å². The van der Waals surface area contributed by atoms with Crippen LogP contribution in [0.2, 0.25) is 0 Å². The van der Waals surface area contributed by atoms with Crippen molar-refractivity contribution in [1.29, 1.82) is 0 Å². The Hall–Kier alpha value is -3.04. The molecule has 10 heteroatoms. The molecule has 0 radical (unpaired) electrons. The van der Waals surface area contributed by atoms with Crippen LogP contribution in [0.3, 0.4) is 0 Å². The zero-order valence-corrected chi connectivity index (χ0v) is 21.0. The van der Waals surface area contributed by atoms with E-state index in [9.17, 15) is 17.6 Å². The van der Waals surface area contributed by atoms with Gasteiger partial charge in [-0.2, -0.15) is 0 Å². The predicted molar refractivity (Wildman–Crippen MR) is 130 cm³/mol. The van der Waals surface area contributed by atoms with Crippen molar-refractivity contribution in [3.63, 3.8) is 0 Å². The van der Waals surface area contributed by atoms with Crippen LogP contribution < -0.4 is 0 Å². The molecule has 0 N–H and O–H groups in total. The number of rotatable bonds is 8. The molecule has 3 aliphatic rings. The Kier molecular flexibility index (Phi) is 7.18. The molecule has 1 fully saturated rings. The monoisotopic (exact) mass is 518 g/mol. The average Bonchev–Trinajstić information content (AvgIpc) is 3.63. The number of alkyl halides is 4. The van der Waals surface area contributed by atoms with Gasteiger partial charge in [-0.25, -0.2) is 17.6 Å². The van der Waals surface area contributed by atoms with Gasteiger partial charge in [0.05, 0.1) is 11.4 Å². The Bertz CT molecular complexity index is 1150. The lowest BCUT2D eigenvalue weighted by Crippen LogP contribution is -2.20. The van der Waals surface area contributed by atoms with Gasteiger partial charge < -0.3 is 9.68 Å². The Labute approximate surface area is 213 Å². The van der Waals surface area contributed by atoms with E-state index in [1.807, 2.05) is 0 Å². The number of halogens is 4. The normalized spacial score (nSPS) is 20.3. The van der Waals surface area contributed by atoms with Crippen molar-refractivity contribution in [2.24, 2.45) is 15.7 Å². The first-order valence-electron chi connectivity index (χ1n) is 12.7. The standard InChI is InChI=1S/C27H30F4N4O2/c1-15-11-19(25(28)29)17-5-3-7-21(23(17)32-15)34-36-13-27(9-10-27)14-37-35-22-8-4-6-18-20(26(30)31)12-16(2)33-24(18)22/h11-12,25-26H,3-10,13-14H2,1-2H3. The summed E-state index contributed by atoms with van der Waals surface area (Å²) in [6.45, 7) is 4.03. The van der Waals surface area contributed by atoms with Gasteiger partial charge in [0.25, 0.3) is 12.9 Å². The minimum Gasteiger partial charge on any atom is -0.395 e. The number of aromatic nitrogens is 2. The number of pyridine rings is 2. The summed E-state index contributed by atoms with van der Waals surface area (Å²) in [5.41, 5.74) is 4.21. The van der Waals surface area contributed by atoms with Crippen molar-refractivity contribution in [3.8, 4) is 0 Å². The first-order chi connectivity index (χ1) is 17.8. The highest BCUT2D eigenvalue weighted by molar-refractivity contribution is 6.01. The summed E-state index contributed by atoms with van der Waals surface area (Å²) < 4.78 is 54.1. The second-order valence-electron chi connectivity index (χ2n) is 10.3. The Morgan fingerprint density at radius 3 is 1.57 bits per heavy atom. The summed E-state index contributed by atoms with van der Waals surface area (Å²) in [5, 5.41) is 8.58. The molecule has 198 valence electrons. The molecule has 0 saturated heterocycles. The van der Waals surface area contributed by atoms with Gasteiger partial charge in [0.1, 0.15) is 24.6 Å². The molecule has 0 amide bonds. The van der Waals surface area contributed by atoms with E-state index in [0.717, 1.165) is 12.8 Å². The first-order valence-corrected chi connectivity index (χ1v) is 12.7. The van der Waals surface area contributed by atoms with Crippen LogP contribution in [0, 0.1) is 19.3 Å². The highest BCUT2D eigenvalue weighted by atomic mass is 19.3. The molecular weight excluding hydrogens is 488 g/mol. The number of aryl methyl sites for hydroxylation is 2. The van der Waals surface area contributed by atoms with Crippen LogP contribution in [-0.2, 0) is 22.5 Å². The Morgan fingerprint density at radius 2 is 1.19 bits per heavy atom. The van der Waals surface area contributed by atoms with Crippen LogP contribution in [0.15, 0.2) is 22.4 Å². The Morgan fingerprint density at radius 1 is 0.757 bits per heavy atom. The third-order valence-corrected chi connectivity index (χ3v) is 7.32. The SMILES string of the molecule is Cc1cc(C(F)F)c2c(n1)C(=NOCC1(CON=C3CCCc4c(C(F)F)cc(C)nc43)CC1)CCC2. The molecule has 0 atom stereocenters. The minimum absolute atomic E-state index is 0.0238. The average molecular weight is 519 g/mol. The molecule has 1 saturated carbocycles. The third-order valence-electron chi connectivity index (χ3n) is 7.32. The quantitative estimate of drug-likeness (QED) is 0.293. The van der Waals surface area contributed by atoms with E-state index in [-0.39, 0.29) is 16.5 Å². The molecule has 0 spiro atoms. The van der Waals surface area contributed by atoms with Gasteiger partial charge in [-0.15, -0.1) is 0 Å². The topological polar surface area (TPSA) is 69.0 Å². The van der Waals surface area contributed by atoms with Crippen LogP contribution in [0.1, 0.15) is 96.4 Å². The van der Waals surface area contributed by atoms with Gasteiger partial charge in [0.15, 0.2) is 0 Å². The number of hydrogen-bond acceptors (Lipinski definition) is 6. The van der Waals surface area contributed by atoms with Crippen molar-refractivity contribution in [3.05, 3.63) is 57.2 Å².